The lowest BCUT2D eigenvalue weighted by molar-refractivity contribution is -0.124. The van der Waals surface area contributed by atoms with Gasteiger partial charge in [0.1, 0.15) is 0 Å². The Morgan fingerprint density at radius 2 is 2.39 bits per heavy atom. The average molecular weight is 250 g/mol. The zero-order chi connectivity index (χ0) is 13.1. The minimum atomic E-state index is -0.160. The summed E-state index contributed by atoms with van der Waals surface area (Å²) in [7, 11) is 0. The standard InChI is InChI=1S/C13H22N4O/c1-4-8(2)9(3)17-13(18)11-5-10-12(6-14-11)16-7-15-10/h7-9,11,14H,4-6H2,1-3H3,(H,15,16)(H,17,18). The molecule has 1 aromatic rings. The molecule has 5 nitrogen and oxygen atoms in total. The predicted octanol–water partition coefficient (Wildman–Crippen LogP) is 0.975. The lowest BCUT2D eigenvalue weighted by Crippen LogP contribution is -2.51. The van der Waals surface area contributed by atoms with Crippen LogP contribution in [0.25, 0.3) is 0 Å². The van der Waals surface area contributed by atoms with Crippen LogP contribution in [-0.4, -0.2) is 28.0 Å². The Labute approximate surface area is 108 Å². The van der Waals surface area contributed by atoms with E-state index in [1.165, 1.54) is 0 Å². The van der Waals surface area contributed by atoms with Crippen LogP contribution < -0.4 is 10.6 Å². The van der Waals surface area contributed by atoms with E-state index in [9.17, 15) is 4.79 Å². The summed E-state index contributed by atoms with van der Waals surface area (Å²) >= 11 is 0. The molecule has 1 aliphatic rings. The van der Waals surface area contributed by atoms with E-state index in [1.54, 1.807) is 6.33 Å². The number of aromatic amines is 1. The van der Waals surface area contributed by atoms with Crippen molar-refractivity contribution in [3.8, 4) is 0 Å². The molecule has 0 fully saturated rings. The Morgan fingerprint density at radius 1 is 1.61 bits per heavy atom. The molecule has 0 aromatic carbocycles. The summed E-state index contributed by atoms with van der Waals surface area (Å²) in [5.74, 6) is 0.579. The highest BCUT2D eigenvalue weighted by Gasteiger charge is 2.27. The van der Waals surface area contributed by atoms with Crippen molar-refractivity contribution in [3.63, 3.8) is 0 Å². The number of amides is 1. The number of nitrogens with zero attached hydrogens (tertiary/aromatic N) is 1. The summed E-state index contributed by atoms with van der Waals surface area (Å²) in [5, 5.41) is 6.32. The summed E-state index contributed by atoms with van der Waals surface area (Å²) in [5.41, 5.74) is 2.10. The molecule has 0 spiro atoms. The van der Waals surface area contributed by atoms with Crippen LogP contribution in [0.2, 0.25) is 0 Å². The summed E-state index contributed by atoms with van der Waals surface area (Å²) < 4.78 is 0. The van der Waals surface area contributed by atoms with Crippen LogP contribution in [0.5, 0.6) is 0 Å². The minimum absolute atomic E-state index is 0.0800. The minimum Gasteiger partial charge on any atom is -0.352 e. The van der Waals surface area contributed by atoms with Crippen LogP contribution in [0.3, 0.4) is 0 Å². The largest absolute Gasteiger partial charge is 0.352 e. The topological polar surface area (TPSA) is 69.8 Å². The molecule has 18 heavy (non-hydrogen) atoms. The molecule has 1 aliphatic heterocycles. The number of aromatic nitrogens is 2. The zero-order valence-electron chi connectivity index (χ0n) is 11.3. The highest BCUT2D eigenvalue weighted by atomic mass is 16.2. The molecule has 0 bridgehead atoms. The van der Waals surface area contributed by atoms with Crippen molar-refractivity contribution in [3.05, 3.63) is 17.7 Å². The summed E-state index contributed by atoms with van der Waals surface area (Å²) in [6.07, 6.45) is 3.43. The van der Waals surface area contributed by atoms with Gasteiger partial charge in [-0.3, -0.25) is 10.1 Å². The lowest BCUT2D eigenvalue weighted by Gasteiger charge is -2.26. The molecule has 2 heterocycles. The summed E-state index contributed by atoms with van der Waals surface area (Å²) in [6, 6.07) is 0.0530. The monoisotopic (exact) mass is 250 g/mol. The molecule has 3 unspecified atom stereocenters. The van der Waals surface area contributed by atoms with Gasteiger partial charge in [0, 0.05) is 19.0 Å². The van der Waals surface area contributed by atoms with Gasteiger partial charge in [0.25, 0.3) is 0 Å². The molecule has 5 heteroatoms. The maximum atomic E-state index is 12.1. The second-order valence-electron chi connectivity index (χ2n) is 5.15. The first kappa shape index (κ1) is 13.1. The maximum Gasteiger partial charge on any atom is 0.237 e. The molecule has 0 aliphatic carbocycles. The van der Waals surface area contributed by atoms with Crippen LogP contribution in [-0.2, 0) is 17.8 Å². The van der Waals surface area contributed by atoms with Gasteiger partial charge in [-0.25, -0.2) is 4.98 Å². The van der Waals surface area contributed by atoms with E-state index in [2.05, 4.69) is 41.4 Å². The number of imidazole rings is 1. The normalized spacial score (nSPS) is 22.1. The van der Waals surface area contributed by atoms with Gasteiger partial charge in [0.2, 0.25) is 5.91 Å². The fourth-order valence-corrected chi connectivity index (χ4v) is 2.18. The average Bonchev–Trinajstić information content (AvgIpc) is 2.84. The Balaban J connectivity index is 1.91. The Hall–Kier alpha value is -1.36. The van der Waals surface area contributed by atoms with Crippen molar-refractivity contribution in [2.45, 2.75) is 52.2 Å². The van der Waals surface area contributed by atoms with Crippen LogP contribution in [0.15, 0.2) is 6.33 Å². The van der Waals surface area contributed by atoms with Crippen LogP contribution in [0, 0.1) is 5.92 Å². The number of fused-ring (bicyclic) bond motifs is 1. The third-order valence-electron chi connectivity index (χ3n) is 3.91. The van der Waals surface area contributed by atoms with Gasteiger partial charge in [0.05, 0.1) is 23.8 Å². The number of carbonyl (C=O) groups is 1. The van der Waals surface area contributed by atoms with Crippen molar-refractivity contribution >= 4 is 5.91 Å². The predicted molar refractivity (Wildman–Crippen MR) is 70.0 cm³/mol. The Kier molecular flexibility index (Phi) is 4.01. The van der Waals surface area contributed by atoms with E-state index in [0.29, 0.717) is 18.9 Å². The first-order valence-corrected chi connectivity index (χ1v) is 6.66. The van der Waals surface area contributed by atoms with Gasteiger partial charge in [-0.05, 0) is 12.8 Å². The SMILES string of the molecule is CCC(C)C(C)NC(=O)C1Cc2nc[nH]c2CN1. The van der Waals surface area contributed by atoms with E-state index in [-0.39, 0.29) is 18.0 Å². The van der Waals surface area contributed by atoms with Crippen molar-refractivity contribution in [2.75, 3.05) is 0 Å². The number of hydrogen-bond donors (Lipinski definition) is 3. The summed E-state index contributed by atoms with van der Waals surface area (Å²) in [4.78, 5) is 19.5. The van der Waals surface area contributed by atoms with E-state index in [1.807, 2.05) is 0 Å². The van der Waals surface area contributed by atoms with E-state index in [0.717, 1.165) is 17.8 Å². The van der Waals surface area contributed by atoms with Crippen molar-refractivity contribution < 1.29 is 4.79 Å². The molecule has 100 valence electrons. The molecule has 0 saturated heterocycles. The molecule has 3 N–H and O–H groups in total. The van der Waals surface area contributed by atoms with Crippen molar-refractivity contribution in [1.82, 2.24) is 20.6 Å². The fourth-order valence-electron chi connectivity index (χ4n) is 2.18. The molecule has 0 radical (unpaired) electrons. The highest BCUT2D eigenvalue weighted by molar-refractivity contribution is 5.82. The third-order valence-corrected chi connectivity index (χ3v) is 3.91. The first-order valence-electron chi connectivity index (χ1n) is 6.66. The van der Waals surface area contributed by atoms with Crippen molar-refractivity contribution in [1.29, 1.82) is 0 Å². The summed E-state index contributed by atoms with van der Waals surface area (Å²) in [6.45, 7) is 7.05. The third kappa shape index (κ3) is 2.72. The zero-order valence-corrected chi connectivity index (χ0v) is 11.3. The molecular formula is C13H22N4O. The van der Waals surface area contributed by atoms with Gasteiger partial charge in [-0.2, -0.15) is 0 Å². The van der Waals surface area contributed by atoms with Crippen LogP contribution in [0.4, 0.5) is 0 Å². The quantitative estimate of drug-likeness (QED) is 0.746. The van der Waals surface area contributed by atoms with Crippen LogP contribution in [0.1, 0.15) is 38.6 Å². The highest BCUT2D eigenvalue weighted by Crippen LogP contribution is 2.13. The molecule has 1 aromatic heterocycles. The molecular weight excluding hydrogens is 228 g/mol. The number of rotatable bonds is 4. The van der Waals surface area contributed by atoms with Gasteiger partial charge < -0.3 is 10.3 Å². The maximum absolute atomic E-state index is 12.1. The van der Waals surface area contributed by atoms with Crippen molar-refractivity contribution in [2.24, 2.45) is 5.92 Å². The van der Waals surface area contributed by atoms with Gasteiger partial charge >= 0.3 is 0 Å². The molecule has 0 saturated carbocycles. The molecule has 2 rings (SSSR count). The number of carbonyl (C=O) groups excluding carboxylic acids is 1. The number of nitrogens with one attached hydrogen (secondary N) is 3. The Morgan fingerprint density at radius 3 is 3.11 bits per heavy atom. The van der Waals surface area contributed by atoms with E-state index >= 15 is 0 Å². The first-order chi connectivity index (χ1) is 8.61. The van der Waals surface area contributed by atoms with E-state index in [4.69, 9.17) is 0 Å². The Bertz CT molecular complexity index is 415. The number of hydrogen-bond acceptors (Lipinski definition) is 3. The van der Waals surface area contributed by atoms with Gasteiger partial charge in [-0.15, -0.1) is 0 Å². The van der Waals surface area contributed by atoms with E-state index < -0.39 is 0 Å². The number of H-pyrrole nitrogens is 1. The smallest absolute Gasteiger partial charge is 0.237 e. The fraction of sp³-hybridized carbons (Fsp3) is 0.692. The second kappa shape index (κ2) is 5.52. The van der Waals surface area contributed by atoms with Crippen LogP contribution >= 0.6 is 0 Å². The second-order valence-corrected chi connectivity index (χ2v) is 5.15. The molecule has 1 amide bonds. The lowest BCUT2D eigenvalue weighted by atomic mass is 9.99. The van der Waals surface area contributed by atoms with Gasteiger partial charge in [0.15, 0.2) is 0 Å². The molecule has 3 atom stereocenters. The van der Waals surface area contributed by atoms with Gasteiger partial charge in [-0.1, -0.05) is 20.3 Å².